The molecule has 0 atom stereocenters. The molecule has 128 valence electrons. The number of hydrogen-bond donors (Lipinski definition) is 1. The highest BCUT2D eigenvalue weighted by Crippen LogP contribution is 2.25. The fourth-order valence-electron chi connectivity index (χ4n) is 2.26. The molecule has 0 saturated carbocycles. The van der Waals surface area contributed by atoms with E-state index >= 15 is 0 Å². The molecular weight excluding hydrogens is 362 g/mol. The Morgan fingerprint density at radius 3 is 2.73 bits per heavy atom. The maximum atomic E-state index is 4.63. The molecule has 5 nitrogen and oxygen atoms in total. The molecule has 0 amide bonds. The molecule has 0 fully saturated rings. The van der Waals surface area contributed by atoms with Gasteiger partial charge in [-0.3, -0.25) is 10.1 Å². The summed E-state index contributed by atoms with van der Waals surface area (Å²) in [6, 6.07) is 15.9. The van der Waals surface area contributed by atoms with Crippen molar-refractivity contribution >= 4 is 35.3 Å². The van der Waals surface area contributed by atoms with E-state index in [9.17, 15) is 0 Å². The predicted molar refractivity (Wildman–Crippen MR) is 107 cm³/mol. The number of thiazole rings is 1. The van der Waals surface area contributed by atoms with Crippen molar-refractivity contribution < 1.29 is 0 Å². The summed E-state index contributed by atoms with van der Waals surface area (Å²) in [5.74, 6) is 1.46. The van der Waals surface area contributed by atoms with E-state index in [1.165, 1.54) is 0 Å². The van der Waals surface area contributed by atoms with Crippen LogP contribution in [0.1, 0.15) is 17.1 Å². The third-order valence-corrected chi connectivity index (χ3v) is 5.29. The van der Waals surface area contributed by atoms with E-state index < -0.39 is 0 Å². The summed E-state index contributed by atoms with van der Waals surface area (Å²) in [5.41, 5.74) is 3.04. The van der Waals surface area contributed by atoms with Crippen molar-refractivity contribution in [1.29, 1.82) is 0 Å². The number of nitrogens with zero attached hydrogens (tertiary/aromatic N) is 4. The monoisotopic (exact) mass is 377 g/mol. The molecule has 4 rings (SSSR count). The smallest absolute Gasteiger partial charge is 0.209 e. The highest BCUT2D eigenvalue weighted by atomic mass is 32.2. The molecule has 7 heteroatoms. The van der Waals surface area contributed by atoms with Crippen LogP contribution in [0.4, 0.5) is 0 Å². The van der Waals surface area contributed by atoms with Gasteiger partial charge in [-0.2, -0.15) is 0 Å². The number of aromatic nitrogens is 5. The molecule has 0 saturated heterocycles. The molecule has 26 heavy (non-hydrogen) atoms. The third kappa shape index (κ3) is 4.25. The quantitative estimate of drug-likeness (QED) is 0.490. The number of aromatic amines is 1. The summed E-state index contributed by atoms with van der Waals surface area (Å²) >= 11 is 3.16. The molecule has 0 aliphatic rings. The van der Waals surface area contributed by atoms with E-state index in [0.717, 1.165) is 33.5 Å². The summed E-state index contributed by atoms with van der Waals surface area (Å²) in [6.07, 6.45) is 5.71. The van der Waals surface area contributed by atoms with Gasteiger partial charge in [-0.15, -0.1) is 16.4 Å². The number of pyridine rings is 1. The Morgan fingerprint density at radius 2 is 1.88 bits per heavy atom. The summed E-state index contributed by atoms with van der Waals surface area (Å²) in [6.45, 7) is 0. The van der Waals surface area contributed by atoms with Crippen molar-refractivity contribution in [2.24, 2.45) is 0 Å². The van der Waals surface area contributed by atoms with E-state index in [0.29, 0.717) is 5.16 Å². The fourth-order valence-corrected chi connectivity index (χ4v) is 3.85. The lowest BCUT2D eigenvalue weighted by Crippen LogP contribution is -1.84. The Morgan fingerprint density at radius 1 is 1.00 bits per heavy atom. The lowest BCUT2D eigenvalue weighted by Gasteiger charge is -1.94. The Hall–Kier alpha value is -2.77. The Bertz CT molecular complexity index is 993. The molecule has 0 bridgehead atoms. The number of rotatable bonds is 6. The molecule has 1 N–H and O–H groups in total. The van der Waals surface area contributed by atoms with E-state index in [1.807, 2.05) is 60.7 Å². The number of benzene rings is 1. The molecule has 0 spiro atoms. The predicted octanol–water partition coefficient (Wildman–Crippen LogP) is 4.79. The van der Waals surface area contributed by atoms with E-state index in [2.05, 4.69) is 30.5 Å². The van der Waals surface area contributed by atoms with E-state index in [4.69, 9.17) is 0 Å². The van der Waals surface area contributed by atoms with Gasteiger partial charge in [0.2, 0.25) is 5.16 Å². The molecule has 4 aromatic rings. The SMILES string of the molecule is C(=C\c1nc(SCc2csc(-c3ccccn3)n2)n[nH]1)/c1ccccc1. The van der Waals surface area contributed by atoms with Gasteiger partial charge in [0, 0.05) is 17.3 Å². The van der Waals surface area contributed by atoms with Crippen molar-refractivity contribution in [3.05, 3.63) is 77.2 Å². The first kappa shape index (κ1) is 16.7. The zero-order valence-electron chi connectivity index (χ0n) is 13.7. The summed E-state index contributed by atoms with van der Waals surface area (Å²) in [4.78, 5) is 13.4. The van der Waals surface area contributed by atoms with Crippen LogP contribution in [0.25, 0.3) is 22.9 Å². The van der Waals surface area contributed by atoms with E-state index in [-0.39, 0.29) is 0 Å². The lowest BCUT2D eigenvalue weighted by atomic mass is 10.2. The highest BCUT2D eigenvalue weighted by molar-refractivity contribution is 7.98. The van der Waals surface area contributed by atoms with Crippen molar-refractivity contribution in [1.82, 2.24) is 25.1 Å². The maximum absolute atomic E-state index is 4.63. The number of H-pyrrole nitrogens is 1. The normalized spacial score (nSPS) is 11.2. The van der Waals surface area contributed by atoms with Gasteiger partial charge in [0.1, 0.15) is 10.8 Å². The van der Waals surface area contributed by atoms with E-state index in [1.54, 1.807) is 29.3 Å². The first-order chi connectivity index (χ1) is 12.9. The van der Waals surface area contributed by atoms with Crippen molar-refractivity contribution in [3.63, 3.8) is 0 Å². The second-order valence-corrected chi connectivity index (χ2v) is 7.20. The Kier molecular flexibility index (Phi) is 5.18. The summed E-state index contributed by atoms with van der Waals surface area (Å²) in [7, 11) is 0. The molecule has 3 heterocycles. The van der Waals surface area contributed by atoms with Crippen molar-refractivity contribution in [3.8, 4) is 10.7 Å². The van der Waals surface area contributed by atoms with Crippen LogP contribution in [-0.2, 0) is 5.75 Å². The standard InChI is InChI=1S/C19H15N5S2/c1-2-6-14(7-3-1)9-10-17-22-19(24-23-17)26-13-15-12-25-18(21-15)16-8-4-5-11-20-16/h1-12H,13H2,(H,22,23,24)/b10-9+. The minimum absolute atomic E-state index is 0.713. The first-order valence-electron chi connectivity index (χ1n) is 8.01. The second kappa shape index (κ2) is 8.07. The van der Waals surface area contributed by atoms with Gasteiger partial charge >= 0.3 is 0 Å². The lowest BCUT2D eigenvalue weighted by molar-refractivity contribution is 0.971. The first-order valence-corrected chi connectivity index (χ1v) is 9.87. The van der Waals surface area contributed by atoms with Crippen LogP contribution in [-0.4, -0.2) is 25.1 Å². The highest BCUT2D eigenvalue weighted by Gasteiger charge is 2.08. The topological polar surface area (TPSA) is 67.3 Å². The second-order valence-electron chi connectivity index (χ2n) is 5.39. The minimum atomic E-state index is 0.713. The number of hydrogen-bond acceptors (Lipinski definition) is 6. The van der Waals surface area contributed by atoms with Crippen molar-refractivity contribution in [2.75, 3.05) is 0 Å². The number of thioether (sulfide) groups is 1. The largest absolute Gasteiger partial charge is 0.259 e. The van der Waals surface area contributed by atoms with Gasteiger partial charge in [0.15, 0.2) is 0 Å². The molecular formula is C19H15N5S2. The van der Waals surface area contributed by atoms with Crippen LogP contribution in [0.3, 0.4) is 0 Å². The average Bonchev–Trinajstić information content (AvgIpc) is 3.36. The summed E-state index contributed by atoms with van der Waals surface area (Å²) < 4.78 is 0. The third-order valence-electron chi connectivity index (χ3n) is 3.50. The molecule has 0 aliphatic carbocycles. The van der Waals surface area contributed by atoms with Gasteiger partial charge in [0.25, 0.3) is 0 Å². The summed E-state index contributed by atoms with van der Waals surface area (Å²) in [5, 5.41) is 10.9. The molecule has 0 aliphatic heterocycles. The van der Waals surface area contributed by atoms with Crippen LogP contribution in [0.15, 0.2) is 65.3 Å². The van der Waals surface area contributed by atoms with Crippen LogP contribution < -0.4 is 0 Å². The molecule has 0 radical (unpaired) electrons. The molecule has 0 unspecified atom stereocenters. The zero-order chi connectivity index (χ0) is 17.6. The van der Waals surface area contributed by atoms with Crippen LogP contribution in [0, 0.1) is 0 Å². The Labute approximate surface area is 159 Å². The van der Waals surface area contributed by atoms with Crippen LogP contribution >= 0.6 is 23.1 Å². The molecule has 1 aromatic carbocycles. The van der Waals surface area contributed by atoms with Gasteiger partial charge in [-0.1, -0.05) is 54.2 Å². The van der Waals surface area contributed by atoms with Gasteiger partial charge in [-0.25, -0.2) is 9.97 Å². The van der Waals surface area contributed by atoms with Crippen LogP contribution in [0.5, 0.6) is 0 Å². The zero-order valence-corrected chi connectivity index (χ0v) is 15.4. The molecule has 3 aromatic heterocycles. The average molecular weight is 377 g/mol. The number of nitrogens with one attached hydrogen (secondary N) is 1. The van der Waals surface area contributed by atoms with Gasteiger partial charge in [-0.05, 0) is 23.8 Å². The fraction of sp³-hybridized carbons (Fsp3) is 0.0526. The van der Waals surface area contributed by atoms with Gasteiger partial charge < -0.3 is 0 Å². The van der Waals surface area contributed by atoms with Crippen molar-refractivity contribution in [2.45, 2.75) is 10.9 Å². The minimum Gasteiger partial charge on any atom is -0.259 e. The van der Waals surface area contributed by atoms with Crippen LogP contribution in [0.2, 0.25) is 0 Å². The maximum Gasteiger partial charge on any atom is 0.209 e. The Balaban J connectivity index is 1.36. The van der Waals surface area contributed by atoms with Gasteiger partial charge in [0.05, 0.1) is 11.4 Å².